The lowest BCUT2D eigenvalue weighted by atomic mass is 10.0. The summed E-state index contributed by atoms with van der Waals surface area (Å²) in [5.41, 5.74) is 1.32. The Bertz CT molecular complexity index is 383. The number of rotatable bonds is 5. The Morgan fingerprint density at radius 2 is 2.11 bits per heavy atom. The minimum absolute atomic E-state index is 0.723. The first-order valence-corrected chi connectivity index (χ1v) is 7.27. The molecule has 0 aliphatic carbocycles. The van der Waals surface area contributed by atoms with E-state index in [-0.39, 0.29) is 0 Å². The van der Waals surface area contributed by atoms with Gasteiger partial charge in [0.15, 0.2) is 0 Å². The van der Waals surface area contributed by atoms with Crippen molar-refractivity contribution in [3.63, 3.8) is 0 Å². The van der Waals surface area contributed by atoms with Crippen LogP contribution in [0.5, 0.6) is 0 Å². The molecule has 1 aromatic rings. The van der Waals surface area contributed by atoms with Crippen molar-refractivity contribution < 1.29 is 0 Å². The Balaban J connectivity index is 1.95. The highest BCUT2D eigenvalue weighted by Gasteiger charge is 2.21. The summed E-state index contributed by atoms with van der Waals surface area (Å²) in [6, 6.07) is 5.04. The van der Waals surface area contributed by atoms with E-state index in [4.69, 9.17) is 0 Å². The average Bonchev–Trinajstić information content (AvgIpc) is 2.45. The van der Waals surface area contributed by atoms with Crippen molar-refractivity contribution in [2.24, 2.45) is 0 Å². The number of nitrogens with zero attached hydrogens (tertiary/aromatic N) is 3. The van der Waals surface area contributed by atoms with Crippen LogP contribution in [0.15, 0.2) is 18.3 Å². The van der Waals surface area contributed by atoms with Crippen molar-refractivity contribution in [2.45, 2.75) is 32.4 Å². The minimum Gasteiger partial charge on any atom is -0.356 e. The number of hydrogen-bond acceptors (Lipinski definition) is 4. The molecule has 1 aromatic heterocycles. The van der Waals surface area contributed by atoms with E-state index in [1.54, 1.807) is 0 Å². The van der Waals surface area contributed by atoms with Crippen molar-refractivity contribution in [1.82, 2.24) is 15.2 Å². The number of hydrogen-bond donors (Lipinski definition) is 1. The highest BCUT2D eigenvalue weighted by Crippen LogP contribution is 2.20. The van der Waals surface area contributed by atoms with E-state index in [0.29, 0.717) is 0 Å². The molecule has 0 aromatic carbocycles. The van der Waals surface area contributed by atoms with Crippen LogP contribution in [0.4, 0.5) is 5.82 Å². The average molecular weight is 262 g/mol. The zero-order valence-electron chi connectivity index (χ0n) is 12.4. The molecule has 4 heteroatoms. The molecule has 2 rings (SSSR count). The Morgan fingerprint density at radius 1 is 1.37 bits per heavy atom. The Labute approximate surface area is 116 Å². The maximum Gasteiger partial charge on any atom is 0.128 e. The summed E-state index contributed by atoms with van der Waals surface area (Å²) in [5.74, 6) is 1.13. The predicted molar refractivity (Wildman–Crippen MR) is 80.5 cm³/mol. The molecule has 0 unspecified atom stereocenters. The standard InChI is InChI=1S/C15H26N4/c1-4-16-12-13-5-8-17-15(11-13)19-9-6-14(7-10-19)18(2)3/h5,8,11,14,16H,4,6-7,9-10,12H2,1-3H3. The molecule has 4 nitrogen and oxygen atoms in total. The number of nitrogens with one attached hydrogen (secondary N) is 1. The van der Waals surface area contributed by atoms with E-state index >= 15 is 0 Å². The van der Waals surface area contributed by atoms with Crippen molar-refractivity contribution in [3.8, 4) is 0 Å². The molecule has 1 fully saturated rings. The van der Waals surface area contributed by atoms with Gasteiger partial charge < -0.3 is 15.1 Å². The molecule has 1 aliphatic rings. The topological polar surface area (TPSA) is 31.4 Å². The lowest BCUT2D eigenvalue weighted by Crippen LogP contribution is -2.42. The fraction of sp³-hybridized carbons (Fsp3) is 0.667. The second-order valence-electron chi connectivity index (χ2n) is 5.48. The summed E-state index contributed by atoms with van der Waals surface area (Å²) in [7, 11) is 4.35. The maximum absolute atomic E-state index is 4.53. The van der Waals surface area contributed by atoms with Crippen LogP contribution in [0.2, 0.25) is 0 Å². The highest BCUT2D eigenvalue weighted by atomic mass is 15.2. The third kappa shape index (κ3) is 3.91. The molecule has 106 valence electrons. The van der Waals surface area contributed by atoms with Crippen molar-refractivity contribution in [2.75, 3.05) is 38.6 Å². The summed E-state index contributed by atoms with van der Waals surface area (Å²) in [4.78, 5) is 9.28. The molecular formula is C15H26N4. The second kappa shape index (κ2) is 6.87. The van der Waals surface area contributed by atoms with Gasteiger partial charge in [-0.3, -0.25) is 0 Å². The fourth-order valence-corrected chi connectivity index (χ4v) is 2.62. The zero-order chi connectivity index (χ0) is 13.7. The van der Waals surface area contributed by atoms with Gasteiger partial charge in [0.25, 0.3) is 0 Å². The van der Waals surface area contributed by atoms with Crippen LogP contribution in [0.25, 0.3) is 0 Å². The smallest absolute Gasteiger partial charge is 0.128 e. The SMILES string of the molecule is CCNCc1ccnc(N2CCC(N(C)C)CC2)c1. The van der Waals surface area contributed by atoms with Crippen LogP contribution in [-0.4, -0.2) is 49.7 Å². The van der Waals surface area contributed by atoms with E-state index in [9.17, 15) is 0 Å². The van der Waals surface area contributed by atoms with Crippen molar-refractivity contribution in [1.29, 1.82) is 0 Å². The molecule has 0 saturated carbocycles. The van der Waals surface area contributed by atoms with Gasteiger partial charge in [-0.2, -0.15) is 0 Å². The van der Waals surface area contributed by atoms with Gasteiger partial charge in [0, 0.05) is 31.9 Å². The predicted octanol–water partition coefficient (Wildman–Crippen LogP) is 1.72. The molecule has 0 amide bonds. The molecule has 0 bridgehead atoms. The fourth-order valence-electron chi connectivity index (χ4n) is 2.62. The number of pyridine rings is 1. The van der Waals surface area contributed by atoms with Crippen LogP contribution < -0.4 is 10.2 Å². The van der Waals surface area contributed by atoms with E-state index < -0.39 is 0 Å². The zero-order valence-corrected chi connectivity index (χ0v) is 12.4. The molecule has 1 N–H and O–H groups in total. The lowest BCUT2D eigenvalue weighted by molar-refractivity contribution is 0.249. The van der Waals surface area contributed by atoms with E-state index in [1.807, 2.05) is 6.20 Å². The molecule has 0 radical (unpaired) electrons. The number of anilines is 1. The second-order valence-corrected chi connectivity index (χ2v) is 5.48. The first kappa shape index (κ1) is 14.3. The molecule has 1 aliphatic heterocycles. The van der Waals surface area contributed by atoms with Gasteiger partial charge in [-0.1, -0.05) is 6.92 Å². The van der Waals surface area contributed by atoms with Gasteiger partial charge in [-0.15, -0.1) is 0 Å². The lowest BCUT2D eigenvalue weighted by Gasteiger charge is -2.35. The Kier molecular flexibility index (Phi) is 5.16. The van der Waals surface area contributed by atoms with E-state index in [1.165, 1.54) is 18.4 Å². The van der Waals surface area contributed by atoms with Gasteiger partial charge in [-0.05, 0) is 51.2 Å². The van der Waals surface area contributed by atoms with Gasteiger partial charge in [-0.25, -0.2) is 4.98 Å². The van der Waals surface area contributed by atoms with Crippen LogP contribution in [0.1, 0.15) is 25.3 Å². The molecule has 2 heterocycles. The van der Waals surface area contributed by atoms with Gasteiger partial charge >= 0.3 is 0 Å². The summed E-state index contributed by atoms with van der Waals surface area (Å²) in [6.07, 6.45) is 4.39. The largest absolute Gasteiger partial charge is 0.356 e. The molecule has 0 spiro atoms. The monoisotopic (exact) mass is 262 g/mol. The van der Waals surface area contributed by atoms with Gasteiger partial charge in [0.05, 0.1) is 0 Å². The quantitative estimate of drug-likeness (QED) is 0.875. The number of piperidine rings is 1. The van der Waals surface area contributed by atoms with Gasteiger partial charge in [0.2, 0.25) is 0 Å². The Morgan fingerprint density at radius 3 is 2.74 bits per heavy atom. The molecule has 1 saturated heterocycles. The van der Waals surface area contributed by atoms with Crippen molar-refractivity contribution in [3.05, 3.63) is 23.9 Å². The van der Waals surface area contributed by atoms with Crippen LogP contribution >= 0.6 is 0 Å². The molecule has 0 atom stereocenters. The normalized spacial score (nSPS) is 17.2. The summed E-state index contributed by atoms with van der Waals surface area (Å²) < 4.78 is 0. The maximum atomic E-state index is 4.53. The first-order valence-electron chi connectivity index (χ1n) is 7.27. The third-order valence-electron chi connectivity index (χ3n) is 3.91. The number of aromatic nitrogens is 1. The Hall–Kier alpha value is -1.13. The van der Waals surface area contributed by atoms with E-state index in [0.717, 1.165) is 38.0 Å². The summed E-state index contributed by atoms with van der Waals surface area (Å²) in [5, 5.41) is 3.36. The minimum atomic E-state index is 0.723. The summed E-state index contributed by atoms with van der Waals surface area (Å²) >= 11 is 0. The van der Waals surface area contributed by atoms with Crippen molar-refractivity contribution >= 4 is 5.82 Å². The third-order valence-corrected chi connectivity index (χ3v) is 3.91. The summed E-state index contributed by atoms with van der Waals surface area (Å²) in [6.45, 7) is 6.29. The molecular weight excluding hydrogens is 236 g/mol. The van der Waals surface area contributed by atoms with E-state index in [2.05, 4.69) is 53.3 Å². The van der Waals surface area contributed by atoms with Crippen LogP contribution in [0.3, 0.4) is 0 Å². The molecule has 19 heavy (non-hydrogen) atoms. The van der Waals surface area contributed by atoms with Crippen LogP contribution in [0, 0.1) is 0 Å². The van der Waals surface area contributed by atoms with Gasteiger partial charge in [0.1, 0.15) is 5.82 Å². The highest BCUT2D eigenvalue weighted by molar-refractivity contribution is 5.41. The van der Waals surface area contributed by atoms with Crippen LogP contribution in [-0.2, 0) is 6.54 Å². The first-order chi connectivity index (χ1) is 9.20.